The molecule has 174 valence electrons. The van der Waals surface area contributed by atoms with E-state index >= 15 is 0 Å². The third-order valence-electron chi connectivity index (χ3n) is 5.23. The molecule has 1 saturated heterocycles. The molecule has 1 N–H and O–H groups in total. The van der Waals surface area contributed by atoms with Gasteiger partial charge in [-0.05, 0) is 39.8 Å². The Bertz CT molecular complexity index is 951. The van der Waals surface area contributed by atoms with Crippen molar-refractivity contribution in [3.05, 3.63) is 51.7 Å². The molecule has 1 aromatic carbocycles. The van der Waals surface area contributed by atoms with Crippen LogP contribution in [0.2, 0.25) is 5.02 Å². The van der Waals surface area contributed by atoms with E-state index in [0.717, 1.165) is 11.4 Å². The van der Waals surface area contributed by atoms with Crippen LogP contribution in [0.15, 0.2) is 18.2 Å². The lowest BCUT2D eigenvalue weighted by atomic mass is 10.0. The van der Waals surface area contributed by atoms with E-state index in [4.69, 9.17) is 21.3 Å². The van der Waals surface area contributed by atoms with Gasteiger partial charge in [-0.25, -0.2) is 19.2 Å². The van der Waals surface area contributed by atoms with Crippen molar-refractivity contribution in [2.75, 3.05) is 38.2 Å². The summed E-state index contributed by atoms with van der Waals surface area (Å²) in [5.41, 5.74) is 1.61. The highest BCUT2D eigenvalue weighted by Gasteiger charge is 2.27. The fourth-order valence-electron chi connectivity index (χ4n) is 3.74. The molecule has 32 heavy (non-hydrogen) atoms. The topological polar surface area (TPSA) is 70.6 Å². The Kier molecular flexibility index (Phi) is 7.56. The van der Waals surface area contributed by atoms with Gasteiger partial charge in [-0.15, -0.1) is 0 Å². The Balaban J connectivity index is 1.89. The molecule has 0 saturated carbocycles. The van der Waals surface area contributed by atoms with Gasteiger partial charge in [0.05, 0.1) is 12.3 Å². The number of amides is 2. The average molecular weight is 464 g/mol. The second-order valence-corrected chi connectivity index (χ2v) is 9.39. The first-order chi connectivity index (χ1) is 15.1. The Morgan fingerprint density at radius 3 is 2.47 bits per heavy atom. The van der Waals surface area contributed by atoms with Crippen molar-refractivity contribution < 1.29 is 13.9 Å². The van der Waals surface area contributed by atoms with Crippen molar-refractivity contribution >= 4 is 23.4 Å². The van der Waals surface area contributed by atoms with Gasteiger partial charge in [0.2, 0.25) is 0 Å². The number of piperazine rings is 1. The van der Waals surface area contributed by atoms with E-state index < -0.39 is 0 Å². The zero-order chi connectivity index (χ0) is 23.5. The second-order valence-electron chi connectivity index (χ2n) is 8.98. The summed E-state index contributed by atoms with van der Waals surface area (Å²) in [6.07, 6.45) is 0.255. The summed E-state index contributed by atoms with van der Waals surface area (Å²) in [5.74, 6) is 0.985. The van der Waals surface area contributed by atoms with Crippen LogP contribution in [0.3, 0.4) is 0 Å². The number of methoxy groups -OCH3 is 1. The average Bonchev–Trinajstić information content (AvgIpc) is 2.71. The van der Waals surface area contributed by atoms with Crippen molar-refractivity contribution in [1.29, 1.82) is 0 Å². The monoisotopic (exact) mass is 463 g/mol. The van der Waals surface area contributed by atoms with Gasteiger partial charge in [0.1, 0.15) is 17.5 Å². The second kappa shape index (κ2) is 10.0. The number of aryl methyl sites for hydroxylation is 1. The fourth-order valence-corrected chi connectivity index (χ4v) is 3.97. The van der Waals surface area contributed by atoms with E-state index in [9.17, 15) is 9.18 Å². The summed E-state index contributed by atoms with van der Waals surface area (Å²) in [6, 6.07) is 4.59. The lowest BCUT2D eigenvalue weighted by Crippen LogP contribution is -2.55. The van der Waals surface area contributed by atoms with Crippen LogP contribution in [-0.4, -0.2) is 59.7 Å². The number of urea groups is 1. The van der Waals surface area contributed by atoms with E-state index in [1.54, 1.807) is 24.1 Å². The number of anilines is 1. The van der Waals surface area contributed by atoms with Crippen molar-refractivity contribution in [2.45, 2.75) is 46.3 Å². The molecule has 1 aliphatic rings. The number of rotatable bonds is 5. The van der Waals surface area contributed by atoms with Crippen molar-refractivity contribution in [3.63, 3.8) is 0 Å². The molecule has 7 nitrogen and oxygen atoms in total. The van der Waals surface area contributed by atoms with Crippen LogP contribution in [0, 0.1) is 12.7 Å². The number of hydrogen-bond donors (Lipinski definition) is 1. The van der Waals surface area contributed by atoms with Gasteiger partial charge in [0.25, 0.3) is 0 Å². The van der Waals surface area contributed by atoms with Crippen LogP contribution in [0.4, 0.5) is 15.0 Å². The minimum atomic E-state index is -0.365. The first-order valence-corrected chi connectivity index (χ1v) is 11.1. The van der Waals surface area contributed by atoms with Crippen LogP contribution in [0.1, 0.15) is 43.4 Å². The molecule has 0 unspecified atom stereocenters. The third kappa shape index (κ3) is 5.86. The van der Waals surface area contributed by atoms with Gasteiger partial charge < -0.3 is 19.9 Å². The smallest absolute Gasteiger partial charge is 0.317 e. The molecule has 2 aromatic rings. The number of carbonyl (C=O) groups excluding carboxylic acids is 1. The first kappa shape index (κ1) is 24.2. The predicted octanol–water partition coefficient (Wildman–Crippen LogP) is 3.94. The summed E-state index contributed by atoms with van der Waals surface area (Å²) in [4.78, 5) is 25.7. The van der Waals surface area contributed by atoms with Crippen molar-refractivity contribution in [1.82, 2.24) is 20.2 Å². The zero-order valence-electron chi connectivity index (χ0n) is 19.3. The summed E-state index contributed by atoms with van der Waals surface area (Å²) in [6.45, 7) is 10.3. The fraction of sp³-hybridized carbons (Fsp3) is 0.522. The number of hydrogen-bond acceptors (Lipinski definition) is 5. The Labute approximate surface area is 193 Å². The minimum Gasteiger partial charge on any atom is -0.378 e. The van der Waals surface area contributed by atoms with Gasteiger partial charge in [0.15, 0.2) is 0 Å². The first-order valence-electron chi connectivity index (χ1n) is 10.7. The number of carbonyl (C=O) groups is 1. The van der Waals surface area contributed by atoms with Crippen LogP contribution in [0.5, 0.6) is 0 Å². The highest BCUT2D eigenvalue weighted by atomic mass is 35.5. The normalized spacial score (nSPS) is 14.6. The lowest BCUT2D eigenvalue weighted by Gasteiger charge is -2.37. The molecular formula is C23H31ClFN5O2. The maximum Gasteiger partial charge on any atom is 0.317 e. The maximum absolute atomic E-state index is 14.6. The molecule has 1 aromatic heterocycles. The van der Waals surface area contributed by atoms with Gasteiger partial charge in [-0.3, -0.25) is 0 Å². The predicted molar refractivity (Wildman–Crippen MR) is 124 cm³/mol. The summed E-state index contributed by atoms with van der Waals surface area (Å²) < 4.78 is 19.9. The molecule has 0 atom stereocenters. The van der Waals surface area contributed by atoms with E-state index in [1.165, 1.54) is 6.07 Å². The SMILES string of the molecule is COCc1nc(C)nc(N2CCN(C(=O)NC(C)(C)C)CC2)c1Cc1c(F)cccc1Cl. The highest BCUT2D eigenvalue weighted by Crippen LogP contribution is 2.29. The molecule has 0 radical (unpaired) electrons. The minimum absolute atomic E-state index is 0.0746. The summed E-state index contributed by atoms with van der Waals surface area (Å²) in [5, 5.41) is 3.37. The number of ether oxygens (including phenoxy) is 1. The van der Waals surface area contributed by atoms with E-state index in [1.807, 2.05) is 27.7 Å². The largest absolute Gasteiger partial charge is 0.378 e. The Morgan fingerprint density at radius 1 is 1.19 bits per heavy atom. The van der Waals surface area contributed by atoms with Crippen LogP contribution in [-0.2, 0) is 17.8 Å². The molecule has 2 amide bonds. The maximum atomic E-state index is 14.6. The van der Waals surface area contributed by atoms with Gasteiger partial charge in [-0.2, -0.15) is 0 Å². The highest BCUT2D eigenvalue weighted by molar-refractivity contribution is 6.31. The number of aromatic nitrogens is 2. The number of nitrogens with one attached hydrogen (secondary N) is 1. The molecule has 1 aliphatic heterocycles. The molecule has 0 aliphatic carbocycles. The zero-order valence-corrected chi connectivity index (χ0v) is 20.1. The molecule has 0 spiro atoms. The van der Waals surface area contributed by atoms with E-state index in [2.05, 4.69) is 15.2 Å². The Morgan fingerprint density at radius 2 is 1.88 bits per heavy atom. The van der Waals surface area contributed by atoms with E-state index in [-0.39, 0.29) is 30.4 Å². The molecular weight excluding hydrogens is 433 g/mol. The van der Waals surface area contributed by atoms with Gasteiger partial charge in [-0.1, -0.05) is 17.7 Å². The Hall–Kier alpha value is -2.45. The van der Waals surface area contributed by atoms with Crippen LogP contribution < -0.4 is 10.2 Å². The molecule has 1 fully saturated rings. The molecule has 0 bridgehead atoms. The van der Waals surface area contributed by atoms with Crippen molar-refractivity contribution in [2.24, 2.45) is 0 Å². The third-order valence-corrected chi connectivity index (χ3v) is 5.58. The van der Waals surface area contributed by atoms with Gasteiger partial charge in [0, 0.05) is 61.4 Å². The standard InChI is InChI=1S/C23H31ClFN5O2/c1-15-26-20(14-32-5)17(13-16-18(24)7-6-8-19(16)25)21(27-15)29-9-11-30(12-10-29)22(31)28-23(2,3)4/h6-8H,9-14H2,1-5H3,(H,28,31). The quantitative estimate of drug-likeness (QED) is 0.727. The van der Waals surface area contributed by atoms with Gasteiger partial charge >= 0.3 is 6.03 Å². The molecule has 2 heterocycles. The lowest BCUT2D eigenvalue weighted by molar-refractivity contribution is 0.180. The number of benzene rings is 1. The summed E-state index contributed by atoms with van der Waals surface area (Å²) >= 11 is 6.31. The number of nitrogens with zero attached hydrogens (tertiary/aromatic N) is 4. The number of halogens is 2. The summed E-state index contributed by atoms with van der Waals surface area (Å²) in [7, 11) is 1.60. The van der Waals surface area contributed by atoms with E-state index in [0.29, 0.717) is 48.3 Å². The molecule has 9 heteroatoms. The van der Waals surface area contributed by atoms with Crippen molar-refractivity contribution in [3.8, 4) is 0 Å². The van der Waals surface area contributed by atoms with Crippen LogP contribution >= 0.6 is 11.6 Å². The molecule has 3 rings (SSSR count). The van der Waals surface area contributed by atoms with Crippen LogP contribution in [0.25, 0.3) is 0 Å².